The minimum atomic E-state index is -0.557. The summed E-state index contributed by atoms with van der Waals surface area (Å²) in [5, 5.41) is 16.9. The summed E-state index contributed by atoms with van der Waals surface area (Å²) >= 11 is 25.0. The molecule has 4 nitrogen and oxygen atoms in total. The van der Waals surface area contributed by atoms with Crippen LogP contribution in [0.2, 0.25) is 20.1 Å². The normalized spacial score (nSPS) is 12.2. The summed E-state index contributed by atoms with van der Waals surface area (Å²) in [5.74, 6) is 0.462. The number of benzene rings is 2. The second-order valence-corrected chi connectivity index (χ2v) is 8.43. The van der Waals surface area contributed by atoms with Crippen LogP contribution in [0.4, 0.5) is 5.82 Å². The van der Waals surface area contributed by atoms with Crippen molar-refractivity contribution < 1.29 is 5.11 Å². The summed E-state index contributed by atoms with van der Waals surface area (Å²) in [4.78, 5) is 8.78. The predicted molar refractivity (Wildman–Crippen MR) is 124 cm³/mol. The number of aryl methyl sites for hydroxylation is 1. The molecule has 0 aliphatic heterocycles. The van der Waals surface area contributed by atoms with Crippen LogP contribution in [0.25, 0.3) is 10.9 Å². The van der Waals surface area contributed by atoms with Crippen molar-refractivity contribution in [3.05, 3.63) is 91.6 Å². The minimum absolute atomic E-state index is 0.0449. The Morgan fingerprint density at radius 2 is 1.67 bits per heavy atom. The fourth-order valence-electron chi connectivity index (χ4n) is 3.26. The molecule has 0 spiro atoms. The van der Waals surface area contributed by atoms with Crippen LogP contribution in [0.5, 0.6) is 5.75 Å². The Balaban J connectivity index is 1.90. The van der Waals surface area contributed by atoms with E-state index in [0.29, 0.717) is 42.7 Å². The van der Waals surface area contributed by atoms with Gasteiger partial charge in [0.2, 0.25) is 0 Å². The summed E-state index contributed by atoms with van der Waals surface area (Å²) < 4.78 is 0. The van der Waals surface area contributed by atoms with E-state index in [0.717, 1.165) is 10.9 Å². The number of phenolic OH excluding ortho intramolecular Hbond substituents is 1. The molecule has 2 heterocycles. The van der Waals surface area contributed by atoms with Crippen molar-refractivity contribution in [2.75, 3.05) is 5.32 Å². The molecule has 0 saturated carbocycles. The number of nitrogens with one attached hydrogen (secondary N) is 1. The van der Waals surface area contributed by atoms with Gasteiger partial charge >= 0.3 is 0 Å². The molecule has 4 aromatic rings. The first kappa shape index (κ1) is 21.0. The van der Waals surface area contributed by atoms with Gasteiger partial charge in [-0.05, 0) is 42.8 Å². The molecule has 0 fully saturated rings. The van der Waals surface area contributed by atoms with Crippen LogP contribution in [-0.2, 0) is 0 Å². The molecule has 30 heavy (non-hydrogen) atoms. The molecule has 152 valence electrons. The van der Waals surface area contributed by atoms with Gasteiger partial charge in [-0.2, -0.15) is 0 Å². The number of aromatic hydroxyl groups is 1. The lowest BCUT2D eigenvalue weighted by atomic mass is 9.96. The molecule has 0 radical (unpaired) electrons. The molecule has 2 aromatic carbocycles. The predicted octanol–water partition coefficient (Wildman–Crippen LogP) is 7.46. The highest BCUT2D eigenvalue weighted by Crippen LogP contribution is 2.39. The van der Waals surface area contributed by atoms with E-state index in [9.17, 15) is 5.11 Å². The number of nitrogens with zero attached hydrogens (tertiary/aromatic N) is 2. The first-order chi connectivity index (χ1) is 14.3. The highest BCUT2D eigenvalue weighted by Gasteiger charge is 2.22. The maximum Gasteiger partial charge on any atom is 0.147 e. The molecular formula is C22H15Cl4N3O. The molecule has 8 heteroatoms. The van der Waals surface area contributed by atoms with E-state index in [4.69, 9.17) is 46.4 Å². The zero-order valence-electron chi connectivity index (χ0n) is 15.6. The number of anilines is 1. The maximum atomic E-state index is 11.0. The average Bonchev–Trinajstić information content (AvgIpc) is 2.70. The number of fused-ring (bicyclic) bond motifs is 1. The summed E-state index contributed by atoms with van der Waals surface area (Å²) in [6, 6.07) is 13.6. The first-order valence-electron chi connectivity index (χ1n) is 8.95. The minimum Gasteiger partial charge on any atom is -0.505 e. The van der Waals surface area contributed by atoms with Gasteiger partial charge in [0.05, 0.1) is 21.8 Å². The molecule has 0 amide bonds. The van der Waals surface area contributed by atoms with Crippen LogP contribution in [0.15, 0.2) is 54.7 Å². The Morgan fingerprint density at radius 1 is 0.933 bits per heavy atom. The third kappa shape index (κ3) is 4.14. The zero-order chi connectivity index (χ0) is 21.4. The molecule has 0 aliphatic carbocycles. The molecule has 2 aromatic heterocycles. The van der Waals surface area contributed by atoms with E-state index < -0.39 is 6.04 Å². The number of halogens is 4. The monoisotopic (exact) mass is 477 g/mol. The fourth-order valence-corrected chi connectivity index (χ4v) is 4.21. The number of hydrogen-bond acceptors (Lipinski definition) is 4. The lowest BCUT2D eigenvalue weighted by Crippen LogP contribution is -2.14. The molecule has 0 bridgehead atoms. The van der Waals surface area contributed by atoms with Crippen LogP contribution >= 0.6 is 46.4 Å². The van der Waals surface area contributed by atoms with Crippen LogP contribution < -0.4 is 5.32 Å². The van der Waals surface area contributed by atoms with E-state index in [2.05, 4.69) is 15.3 Å². The lowest BCUT2D eigenvalue weighted by molar-refractivity contribution is 0.471. The van der Waals surface area contributed by atoms with Gasteiger partial charge in [0, 0.05) is 27.2 Å². The summed E-state index contributed by atoms with van der Waals surface area (Å²) in [6.45, 7) is 1.78. The third-order valence-electron chi connectivity index (χ3n) is 4.69. The van der Waals surface area contributed by atoms with Gasteiger partial charge in [-0.15, -0.1) is 0 Å². The molecular weight excluding hydrogens is 464 g/mol. The van der Waals surface area contributed by atoms with Crippen molar-refractivity contribution in [3.63, 3.8) is 0 Å². The molecule has 1 unspecified atom stereocenters. The second kappa shape index (κ2) is 8.48. The lowest BCUT2D eigenvalue weighted by Gasteiger charge is -2.23. The topological polar surface area (TPSA) is 58.0 Å². The number of pyridine rings is 2. The Labute approximate surface area is 193 Å². The Morgan fingerprint density at radius 3 is 2.40 bits per heavy atom. The van der Waals surface area contributed by atoms with Gasteiger partial charge in [0.15, 0.2) is 0 Å². The van der Waals surface area contributed by atoms with Crippen molar-refractivity contribution >= 4 is 63.1 Å². The van der Waals surface area contributed by atoms with E-state index in [1.54, 1.807) is 37.4 Å². The van der Waals surface area contributed by atoms with Gasteiger partial charge in [-0.1, -0.05) is 64.6 Å². The van der Waals surface area contributed by atoms with E-state index in [1.165, 1.54) is 0 Å². The van der Waals surface area contributed by atoms with Gasteiger partial charge < -0.3 is 10.4 Å². The van der Waals surface area contributed by atoms with Gasteiger partial charge in [0.1, 0.15) is 17.1 Å². The van der Waals surface area contributed by atoms with Crippen molar-refractivity contribution in [2.45, 2.75) is 13.0 Å². The number of hydrogen-bond donors (Lipinski definition) is 2. The molecule has 2 N–H and O–H groups in total. The van der Waals surface area contributed by atoms with Gasteiger partial charge in [-0.25, -0.2) is 4.98 Å². The van der Waals surface area contributed by atoms with E-state index in [1.807, 2.05) is 24.3 Å². The highest BCUT2D eigenvalue weighted by molar-refractivity contribution is 6.36. The van der Waals surface area contributed by atoms with Crippen LogP contribution in [0.1, 0.15) is 22.9 Å². The second-order valence-electron chi connectivity index (χ2n) is 6.74. The Bertz CT molecular complexity index is 1240. The first-order valence-corrected chi connectivity index (χ1v) is 10.5. The van der Waals surface area contributed by atoms with Crippen LogP contribution in [-0.4, -0.2) is 15.1 Å². The van der Waals surface area contributed by atoms with Crippen molar-refractivity contribution in [2.24, 2.45) is 0 Å². The summed E-state index contributed by atoms with van der Waals surface area (Å²) in [5.41, 5.74) is 2.41. The quantitative estimate of drug-likeness (QED) is 0.319. The Kier molecular flexibility index (Phi) is 5.94. The van der Waals surface area contributed by atoms with Crippen molar-refractivity contribution in [3.8, 4) is 5.75 Å². The third-order valence-corrected chi connectivity index (χ3v) is 5.80. The number of phenols is 1. The Hall–Kier alpha value is -2.24. The molecule has 0 aliphatic rings. The fraction of sp³-hybridized carbons (Fsp3) is 0.0909. The van der Waals surface area contributed by atoms with Crippen LogP contribution in [0.3, 0.4) is 0 Å². The van der Waals surface area contributed by atoms with Gasteiger partial charge in [0.25, 0.3) is 0 Å². The van der Waals surface area contributed by atoms with Crippen molar-refractivity contribution in [1.82, 2.24) is 9.97 Å². The molecule has 1 atom stereocenters. The zero-order valence-corrected chi connectivity index (χ0v) is 18.7. The number of aromatic nitrogens is 2. The smallest absolute Gasteiger partial charge is 0.147 e. The SMILES string of the molecule is Cc1nc(NC(c2cc(Cl)cc(Cl)c2)c2ccc3cccnc3c2O)c(Cl)cc1Cl. The van der Waals surface area contributed by atoms with Gasteiger partial charge in [-0.3, -0.25) is 4.98 Å². The molecule has 4 rings (SSSR count). The number of rotatable bonds is 4. The van der Waals surface area contributed by atoms with Crippen LogP contribution in [0, 0.1) is 6.92 Å². The molecule has 0 saturated heterocycles. The summed E-state index contributed by atoms with van der Waals surface area (Å²) in [7, 11) is 0. The van der Waals surface area contributed by atoms with E-state index >= 15 is 0 Å². The largest absolute Gasteiger partial charge is 0.505 e. The maximum absolute atomic E-state index is 11.0. The van der Waals surface area contributed by atoms with E-state index in [-0.39, 0.29) is 5.75 Å². The standard InChI is InChI=1S/C22H15Cl4N3O/c1-11-17(25)10-18(26)22(28-11)29-19(13-7-14(23)9-15(24)8-13)16-5-4-12-3-2-6-27-20(12)21(16)30/h2-10,19,30H,1H3,(H,28,29). The average molecular weight is 479 g/mol. The van der Waals surface area contributed by atoms with Crippen molar-refractivity contribution in [1.29, 1.82) is 0 Å². The summed E-state index contributed by atoms with van der Waals surface area (Å²) in [6.07, 6.45) is 1.63. The highest BCUT2D eigenvalue weighted by atomic mass is 35.5.